The fourth-order valence-electron chi connectivity index (χ4n) is 1.80. The number of carbonyl (C=O) groups is 2. The molecule has 1 aromatic carbocycles. The third-order valence-electron chi connectivity index (χ3n) is 2.69. The molecule has 1 aliphatic rings. The van der Waals surface area contributed by atoms with Gasteiger partial charge in [-0.2, -0.15) is 0 Å². The number of rotatable bonds is 3. The molecule has 1 aromatic rings. The summed E-state index contributed by atoms with van der Waals surface area (Å²) in [4.78, 5) is 22.8. The van der Waals surface area contributed by atoms with E-state index in [1.807, 2.05) is 0 Å². The summed E-state index contributed by atoms with van der Waals surface area (Å²) in [6.45, 7) is 0.560. The number of ether oxygens (including phenoxy) is 1. The van der Waals surface area contributed by atoms with E-state index in [0.29, 0.717) is 18.1 Å². The molecule has 5 nitrogen and oxygen atoms in total. The molecule has 18 heavy (non-hydrogen) atoms. The van der Waals surface area contributed by atoms with Crippen LogP contribution >= 0.6 is 11.6 Å². The van der Waals surface area contributed by atoms with E-state index >= 15 is 0 Å². The number of halogens is 1. The molecular formula is C12H12ClNO4. The zero-order valence-electron chi connectivity index (χ0n) is 9.48. The number of aromatic carboxylic acids is 1. The molecule has 2 rings (SSSR count). The van der Waals surface area contributed by atoms with E-state index in [4.69, 9.17) is 21.4 Å². The highest BCUT2D eigenvalue weighted by Gasteiger charge is 2.24. The van der Waals surface area contributed by atoms with E-state index in [0.717, 1.165) is 6.42 Å². The van der Waals surface area contributed by atoms with Crippen LogP contribution in [0.5, 0.6) is 0 Å². The second-order valence-corrected chi connectivity index (χ2v) is 4.42. The van der Waals surface area contributed by atoms with Crippen molar-refractivity contribution in [2.75, 3.05) is 11.9 Å². The van der Waals surface area contributed by atoms with Crippen LogP contribution in [0.25, 0.3) is 0 Å². The van der Waals surface area contributed by atoms with Gasteiger partial charge in [-0.1, -0.05) is 11.6 Å². The maximum Gasteiger partial charge on any atom is 0.337 e. The zero-order valence-corrected chi connectivity index (χ0v) is 10.2. The molecule has 1 fully saturated rings. The maximum atomic E-state index is 11.8. The Labute approximate surface area is 109 Å². The van der Waals surface area contributed by atoms with Gasteiger partial charge in [-0.25, -0.2) is 4.79 Å². The van der Waals surface area contributed by atoms with E-state index in [2.05, 4.69) is 5.32 Å². The smallest absolute Gasteiger partial charge is 0.337 e. The average Bonchev–Trinajstić information content (AvgIpc) is 2.84. The van der Waals surface area contributed by atoms with Crippen LogP contribution in [0.15, 0.2) is 18.2 Å². The van der Waals surface area contributed by atoms with Gasteiger partial charge in [-0.15, -0.1) is 0 Å². The molecule has 1 atom stereocenters. The minimum Gasteiger partial charge on any atom is -0.478 e. The second kappa shape index (κ2) is 5.37. The number of amides is 1. The first-order valence-electron chi connectivity index (χ1n) is 5.53. The van der Waals surface area contributed by atoms with Crippen molar-refractivity contribution in [3.05, 3.63) is 28.8 Å². The van der Waals surface area contributed by atoms with E-state index in [-0.39, 0.29) is 17.2 Å². The molecule has 2 N–H and O–H groups in total. The molecule has 1 saturated heterocycles. The minimum absolute atomic E-state index is 0.0335. The van der Waals surface area contributed by atoms with Gasteiger partial charge < -0.3 is 15.2 Å². The molecular weight excluding hydrogens is 258 g/mol. The molecule has 6 heteroatoms. The predicted molar refractivity (Wildman–Crippen MR) is 66.0 cm³/mol. The lowest BCUT2D eigenvalue weighted by atomic mass is 10.1. The average molecular weight is 270 g/mol. The Kier molecular flexibility index (Phi) is 3.84. The third kappa shape index (κ3) is 2.80. The number of carboxylic acids is 1. The highest BCUT2D eigenvalue weighted by atomic mass is 35.5. The van der Waals surface area contributed by atoms with Gasteiger partial charge in [0.25, 0.3) is 5.91 Å². The molecule has 0 bridgehead atoms. The van der Waals surface area contributed by atoms with Crippen molar-refractivity contribution in [2.24, 2.45) is 0 Å². The summed E-state index contributed by atoms with van der Waals surface area (Å²) >= 11 is 5.72. The van der Waals surface area contributed by atoms with Gasteiger partial charge >= 0.3 is 5.97 Å². The molecule has 1 amide bonds. The second-order valence-electron chi connectivity index (χ2n) is 3.99. The van der Waals surface area contributed by atoms with Crippen molar-refractivity contribution in [2.45, 2.75) is 18.9 Å². The van der Waals surface area contributed by atoms with Crippen molar-refractivity contribution in [1.82, 2.24) is 0 Å². The number of nitrogens with one attached hydrogen (secondary N) is 1. The van der Waals surface area contributed by atoms with Crippen molar-refractivity contribution in [3.8, 4) is 0 Å². The van der Waals surface area contributed by atoms with Crippen LogP contribution in [0.1, 0.15) is 23.2 Å². The number of carbonyl (C=O) groups excluding carboxylic acids is 1. The van der Waals surface area contributed by atoms with Gasteiger partial charge in [-0.3, -0.25) is 4.79 Å². The van der Waals surface area contributed by atoms with Gasteiger partial charge in [0, 0.05) is 11.6 Å². The molecule has 1 aliphatic heterocycles. The molecule has 0 saturated carbocycles. The van der Waals surface area contributed by atoms with Crippen molar-refractivity contribution < 1.29 is 19.4 Å². The highest BCUT2D eigenvalue weighted by molar-refractivity contribution is 6.31. The Morgan fingerprint density at radius 2 is 2.22 bits per heavy atom. The summed E-state index contributed by atoms with van der Waals surface area (Å²) in [5.74, 6) is -1.46. The lowest BCUT2D eigenvalue weighted by molar-refractivity contribution is -0.124. The number of hydrogen-bond donors (Lipinski definition) is 2. The monoisotopic (exact) mass is 269 g/mol. The van der Waals surface area contributed by atoms with E-state index in [1.165, 1.54) is 18.2 Å². The number of hydrogen-bond acceptors (Lipinski definition) is 3. The molecule has 0 aliphatic carbocycles. The Bertz CT molecular complexity index is 483. The van der Waals surface area contributed by atoms with Crippen LogP contribution in [-0.4, -0.2) is 29.7 Å². The lowest BCUT2D eigenvalue weighted by Gasteiger charge is -2.12. The van der Waals surface area contributed by atoms with Crippen LogP contribution < -0.4 is 5.32 Å². The van der Waals surface area contributed by atoms with Crippen LogP contribution in [0, 0.1) is 0 Å². The SMILES string of the molecule is O=C(O)c1cc(Cl)ccc1NC(=O)[C@@H]1CCCO1. The Balaban J connectivity index is 2.17. The van der Waals surface area contributed by atoms with Crippen LogP contribution in [0.4, 0.5) is 5.69 Å². The normalized spacial score (nSPS) is 18.6. The fraction of sp³-hybridized carbons (Fsp3) is 0.333. The lowest BCUT2D eigenvalue weighted by Crippen LogP contribution is -2.27. The Hall–Kier alpha value is -1.59. The van der Waals surface area contributed by atoms with Gasteiger partial charge in [0.05, 0.1) is 11.3 Å². The first-order chi connectivity index (χ1) is 8.58. The van der Waals surface area contributed by atoms with Gasteiger partial charge in [0.1, 0.15) is 6.10 Å². The van der Waals surface area contributed by atoms with Crippen molar-refractivity contribution >= 4 is 29.2 Å². The number of carboxylic acid groups (broad SMARTS) is 1. The summed E-state index contributed by atoms with van der Waals surface area (Å²) in [5, 5.41) is 11.9. The molecule has 0 unspecified atom stereocenters. The maximum absolute atomic E-state index is 11.8. The molecule has 0 spiro atoms. The largest absolute Gasteiger partial charge is 0.478 e. The first-order valence-corrected chi connectivity index (χ1v) is 5.91. The molecule has 96 valence electrons. The van der Waals surface area contributed by atoms with Gasteiger partial charge in [-0.05, 0) is 31.0 Å². The molecule has 1 heterocycles. The highest BCUT2D eigenvalue weighted by Crippen LogP contribution is 2.22. The predicted octanol–water partition coefficient (Wildman–Crippen LogP) is 2.16. The van der Waals surface area contributed by atoms with Crippen LogP contribution in [0.2, 0.25) is 5.02 Å². The summed E-state index contributed by atoms with van der Waals surface area (Å²) in [5.41, 5.74) is 0.196. The molecule has 0 aromatic heterocycles. The summed E-state index contributed by atoms with van der Waals surface area (Å²) in [7, 11) is 0. The van der Waals surface area contributed by atoms with Crippen LogP contribution in [-0.2, 0) is 9.53 Å². The van der Waals surface area contributed by atoms with E-state index < -0.39 is 12.1 Å². The standard InChI is InChI=1S/C12H12ClNO4/c13-7-3-4-9(8(6-7)12(16)17)14-11(15)10-2-1-5-18-10/h3-4,6,10H,1-2,5H2,(H,14,15)(H,16,17)/t10-/m0/s1. The van der Waals surface area contributed by atoms with Gasteiger partial charge in [0.15, 0.2) is 0 Å². The van der Waals surface area contributed by atoms with Gasteiger partial charge in [0.2, 0.25) is 0 Å². The Morgan fingerprint density at radius 1 is 1.44 bits per heavy atom. The number of benzene rings is 1. The molecule has 0 radical (unpaired) electrons. The summed E-state index contributed by atoms with van der Waals surface area (Å²) < 4.78 is 5.23. The third-order valence-corrected chi connectivity index (χ3v) is 2.93. The Morgan fingerprint density at radius 3 is 2.83 bits per heavy atom. The summed E-state index contributed by atoms with van der Waals surface area (Å²) in [6, 6.07) is 4.30. The summed E-state index contributed by atoms with van der Waals surface area (Å²) in [6.07, 6.45) is 0.995. The topological polar surface area (TPSA) is 75.6 Å². The van der Waals surface area contributed by atoms with E-state index in [1.54, 1.807) is 0 Å². The van der Waals surface area contributed by atoms with E-state index in [9.17, 15) is 9.59 Å². The zero-order chi connectivity index (χ0) is 13.1. The first kappa shape index (κ1) is 12.9. The van der Waals surface area contributed by atoms with Crippen molar-refractivity contribution in [1.29, 1.82) is 0 Å². The van der Waals surface area contributed by atoms with Crippen LogP contribution in [0.3, 0.4) is 0 Å². The fourth-order valence-corrected chi connectivity index (χ4v) is 1.97. The number of anilines is 1. The van der Waals surface area contributed by atoms with Crippen molar-refractivity contribution in [3.63, 3.8) is 0 Å². The quantitative estimate of drug-likeness (QED) is 0.882. The minimum atomic E-state index is -1.14.